The summed E-state index contributed by atoms with van der Waals surface area (Å²) >= 11 is 0. The van der Waals surface area contributed by atoms with Gasteiger partial charge in [-0.25, -0.2) is 0 Å². The molecule has 5 heteroatoms. The molecule has 5 nitrogen and oxygen atoms in total. The minimum absolute atomic E-state index is 0.112. The summed E-state index contributed by atoms with van der Waals surface area (Å²) in [7, 11) is 0. The van der Waals surface area contributed by atoms with Gasteiger partial charge in [-0.2, -0.15) is 0 Å². The van der Waals surface area contributed by atoms with Crippen LogP contribution in [0.4, 0.5) is 11.4 Å². The molecule has 1 amide bonds. The van der Waals surface area contributed by atoms with Crippen LogP contribution >= 0.6 is 0 Å². The second-order valence-corrected chi connectivity index (χ2v) is 5.29. The number of carbonyl (C=O) groups excluding carboxylic acids is 1. The summed E-state index contributed by atoms with van der Waals surface area (Å²) in [6, 6.07) is 11.4. The number of ether oxygens (including phenoxy) is 2. The number of carbonyl (C=O) groups is 1. The fraction of sp³-hybridized carbons (Fsp3) is 0.235. The first-order chi connectivity index (χ1) is 10.6. The van der Waals surface area contributed by atoms with Crippen LogP contribution in [0, 0.1) is 13.8 Å². The maximum absolute atomic E-state index is 12.0. The maximum Gasteiger partial charge on any atom is 0.243 e. The van der Waals surface area contributed by atoms with Gasteiger partial charge in [0.1, 0.15) is 0 Å². The standard InChI is InChI=1S/C17H18N2O3/c1-11-3-5-14(12(2)7-11)18-9-17(20)19-13-4-6-15-16(8-13)22-10-21-15/h3-8,18H,9-10H2,1-2H3,(H,19,20). The van der Waals surface area contributed by atoms with Crippen molar-refractivity contribution < 1.29 is 14.3 Å². The molecule has 0 radical (unpaired) electrons. The summed E-state index contributed by atoms with van der Waals surface area (Å²) in [5.41, 5.74) is 3.98. The zero-order valence-corrected chi connectivity index (χ0v) is 12.6. The molecule has 2 aromatic rings. The van der Waals surface area contributed by atoms with E-state index in [4.69, 9.17) is 9.47 Å². The third kappa shape index (κ3) is 3.14. The van der Waals surface area contributed by atoms with E-state index < -0.39 is 0 Å². The molecule has 0 fully saturated rings. The smallest absolute Gasteiger partial charge is 0.243 e. The van der Waals surface area contributed by atoms with Crippen LogP contribution < -0.4 is 20.1 Å². The zero-order valence-electron chi connectivity index (χ0n) is 12.6. The van der Waals surface area contributed by atoms with Crippen molar-refractivity contribution in [1.29, 1.82) is 0 Å². The van der Waals surface area contributed by atoms with Crippen molar-refractivity contribution in [3.05, 3.63) is 47.5 Å². The van der Waals surface area contributed by atoms with Crippen LogP contribution in [0.5, 0.6) is 11.5 Å². The van der Waals surface area contributed by atoms with E-state index in [-0.39, 0.29) is 19.2 Å². The van der Waals surface area contributed by atoms with Crippen molar-refractivity contribution in [1.82, 2.24) is 0 Å². The molecule has 3 rings (SSSR count). The van der Waals surface area contributed by atoms with E-state index in [0.717, 1.165) is 11.3 Å². The summed E-state index contributed by atoms with van der Waals surface area (Å²) < 4.78 is 10.5. The molecule has 2 aromatic carbocycles. The van der Waals surface area contributed by atoms with E-state index in [9.17, 15) is 4.79 Å². The molecule has 2 N–H and O–H groups in total. The fourth-order valence-electron chi connectivity index (χ4n) is 2.37. The van der Waals surface area contributed by atoms with Crippen molar-refractivity contribution in [3.8, 4) is 11.5 Å². The maximum atomic E-state index is 12.0. The summed E-state index contributed by atoms with van der Waals surface area (Å²) in [5.74, 6) is 1.24. The number of anilines is 2. The summed E-state index contributed by atoms with van der Waals surface area (Å²) in [5, 5.41) is 5.98. The lowest BCUT2D eigenvalue weighted by molar-refractivity contribution is -0.114. The Hall–Kier alpha value is -2.69. The van der Waals surface area contributed by atoms with Crippen molar-refractivity contribution in [3.63, 3.8) is 0 Å². The molecule has 22 heavy (non-hydrogen) atoms. The molecule has 0 bridgehead atoms. The summed E-state index contributed by atoms with van der Waals surface area (Å²) in [6.45, 7) is 4.49. The van der Waals surface area contributed by atoms with Gasteiger partial charge < -0.3 is 20.1 Å². The molecule has 0 aliphatic carbocycles. The van der Waals surface area contributed by atoms with Crippen LogP contribution in [0.25, 0.3) is 0 Å². The van der Waals surface area contributed by atoms with Gasteiger partial charge >= 0.3 is 0 Å². The van der Waals surface area contributed by atoms with Gasteiger partial charge in [0.25, 0.3) is 0 Å². The molecule has 0 saturated carbocycles. The molecule has 0 aromatic heterocycles. The zero-order chi connectivity index (χ0) is 15.5. The fourth-order valence-corrected chi connectivity index (χ4v) is 2.37. The Bertz CT molecular complexity index is 713. The molecule has 0 atom stereocenters. The monoisotopic (exact) mass is 298 g/mol. The van der Waals surface area contributed by atoms with Gasteiger partial charge in [0, 0.05) is 17.4 Å². The van der Waals surface area contributed by atoms with Gasteiger partial charge in [-0.05, 0) is 37.6 Å². The third-order valence-electron chi connectivity index (χ3n) is 3.48. The quantitative estimate of drug-likeness (QED) is 0.910. The largest absolute Gasteiger partial charge is 0.454 e. The van der Waals surface area contributed by atoms with Gasteiger partial charge in [-0.15, -0.1) is 0 Å². The van der Waals surface area contributed by atoms with Crippen LogP contribution in [-0.2, 0) is 4.79 Å². The highest BCUT2D eigenvalue weighted by atomic mass is 16.7. The van der Waals surface area contributed by atoms with Crippen molar-refractivity contribution in [2.45, 2.75) is 13.8 Å². The second-order valence-electron chi connectivity index (χ2n) is 5.29. The number of amides is 1. The molecule has 0 spiro atoms. The first kappa shape index (κ1) is 14.3. The first-order valence-electron chi connectivity index (χ1n) is 7.12. The highest BCUT2D eigenvalue weighted by Crippen LogP contribution is 2.34. The Kier molecular flexibility index (Phi) is 3.87. The van der Waals surface area contributed by atoms with Crippen molar-refractivity contribution >= 4 is 17.3 Å². The normalized spacial score (nSPS) is 12.1. The minimum atomic E-state index is -0.112. The number of aryl methyl sites for hydroxylation is 2. The molecule has 0 saturated heterocycles. The SMILES string of the molecule is Cc1ccc(NCC(=O)Nc2ccc3c(c2)OCO3)c(C)c1. The Morgan fingerprint density at radius 2 is 1.91 bits per heavy atom. The molecule has 1 heterocycles. The number of rotatable bonds is 4. The number of fused-ring (bicyclic) bond motifs is 1. The predicted molar refractivity (Wildman–Crippen MR) is 85.6 cm³/mol. The number of nitrogens with one attached hydrogen (secondary N) is 2. The van der Waals surface area contributed by atoms with E-state index in [1.807, 2.05) is 26.0 Å². The Morgan fingerprint density at radius 3 is 2.73 bits per heavy atom. The van der Waals surface area contributed by atoms with Gasteiger partial charge in [0.15, 0.2) is 11.5 Å². The average Bonchev–Trinajstić information content (AvgIpc) is 2.94. The van der Waals surface area contributed by atoms with E-state index in [0.29, 0.717) is 17.2 Å². The van der Waals surface area contributed by atoms with Crippen LogP contribution in [0.1, 0.15) is 11.1 Å². The molecular formula is C17H18N2O3. The van der Waals surface area contributed by atoms with Gasteiger partial charge in [0.2, 0.25) is 12.7 Å². The second kappa shape index (κ2) is 5.97. The van der Waals surface area contributed by atoms with Crippen LogP contribution in [-0.4, -0.2) is 19.2 Å². The van der Waals surface area contributed by atoms with Crippen LogP contribution in [0.15, 0.2) is 36.4 Å². The summed E-state index contributed by atoms with van der Waals surface area (Å²) in [4.78, 5) is 12.0. The van der Waals surface area contributed by atoms with E-state index in [1.54, 1.807) is 18.2 Å². The Morgan fingerprint density at radius 1 is 1.09 bits per heavy atom. The average molecular weight is 298 g/mol. The predicted octanol–water partition coefficient (Wildman–Crippen LogP) is 3.08. The molecule has 1 aliphatic heterocycles. The van der Waals surface area contributed by atoms with E-state index in [1.165, 1.54) is 5.56 Å². The minimum Gasteiger partial charge on any atom is -0.454 e. The lowest BCUT2D eigenvalue weighted by Gasteiger charge is -2.11. The van der Waals surface area contributed by atoms with Gasteiger partial charge in [-0.1, -0.05) is 17.7 Å². The molecular weight excluding hydrogens is 280 g/mol. The lowest BCUT2D eigenvalue weighted by Crippen LogP contribution is -2.22. The topological polar surface area (TPSA) is 59.6 Å². The Labute approximate surface area is 129 Å². The van der Waals surface area contributed by atoms with Crippen LogP contribution in [0.3, 0.4) is 0 Å². The molecule has 1 aliphatic rings. The van der Waals surface area contributed by atoms with Crippen molar-refractivity contribution in [2.24, 2.45) is 0 Å². The number of hydrogen-bond donors (Lipinski definition) is 2. The number of hydrogen-bond acceptors (Lipinski definition) is 4. The molecule has 114 valence electrons. The van der Waals surface area contributed by atoms with Crippen LogP contribution in [0.2, 0.25) is 0 Å². The highest BCUT2D eigenvalue weighted by molar-refractivity contribution is 5.94. The third-order valence-corrected chi connectivity index (χ3v) is 3.48. The first-order valence-corrected chi connectivity index (χ1v) is 7.12. The number of benzene rings is 2. The van der Waals surface area contributed by atoms with Crippen molar-refractivity contribution in [2.75, 3.05) is 24.0 Å². The van der Waals surface area contributed by atoms with E-state index in [2.05, 4.69) is 16.7 Å². The van der Waals surface area contributed by atoms with E-state index >= 15 is 0 Å². The summed E-state index contributed by atoms with van der Waals surface area (Å²) in [6.07, 6.45) is 0. The lowest BCUT2D eigenvalue weighted by atomic mass is 10.1. The van der Waals surface area contributed by atoms with Gasteiger partial charge in [0.05, 0.1) is 6.54 Å². The molecule has 0 unspecified atom stereocenters. The van der Waals surface area contributed by atoms with Gasteiger partial charge in [-0.3, -0.25) is 4.79 Å². The highest BCUT2D eigenvalue weighted by Gasteiger charge is 2.14. The Balaban J connectivity index is 1.58.